The third-order valence-electron chi connectivity index (χ3n) is 5.27. The Kier molecular flexibility index (Phi) is 6.19. The Morgan fingerprint density at radius 3 is 2.50 bits per heavy atom. The molecule has 2 N–H and O–H groups in total. The number of nitrogens with one attached hydrogen (secondary N) is 2. The summed E-state index contributed by atoms with van der Waals surface area (Å²) >= 11 is 1.32. The number of ether oxygens (including phenoxy) is 1. The largest absolute Gasteiger partial charge is 0.444 e. The van der Waals surface area contributed by atoms with Crippen molar-refractivity contribution in [3.8, 4) is 11.3 Å². The van der Waals surface area contributed by atoms with Gasteiger partial charge < -0.3 is 15.4 Å². The lowest BCUT2D eigenvalue weighted by atomic mass is 10.1. The summed E-state index contributed by atoms with van der Waals surface area (Å²) in [6.07, 6.45) is 2.97. The SMILES string of the molecule is CC(C)(C)OC(=O)N1CCCC1C(=O)Nc1nc(-c2ccc(C(=O)NC3CC3)cc2)cs1. The van der Waals surface area contributed by atoms with Crippen molar-refractivity contribution >= 4 is 34.4 Å². The maximum absolute atomic E-state index is 12.8. The normalized spacial score (nSPS) is 18.3. The molecule has 2 fully saturated rings. The summed E-state index contributed by atoms with van der Waals surface area (Å²) in [5, 5.41) is 8.13. The zero-order valence-electron chi connectivity index (χ0n) is 18.5. The Morgan fingerprint density at radius 2 is 1.84 bits per heavy atom. The Balaban J connectivity index is 1.37. The number of carbonyl (C=O) groups excluding carboxylic acids is 3. The zero-order valence-corrected chi connectivity index (χ0v) is 19.3. The lowest BCUT2D eigenvalue weighted by molar-refractivity contribution is -0.120. The van der Waals surface area contributed by atoms with Crippen molar-refractivity contribution in [1.29, 1.82) is 0 Å². The Labute approximate surface area is 191 Å². The molecule has 170 valence electrons. The summed E-state index contributed by atoms with van der Waals surface area (Å²) in [4.78, 5) is 43.4. The standard InChI is InChI=1S/C23H28N4O4S/c1-23(2,3)31-22(30)27-12-4-5-18(27)20(29)26-21-25-17(13-32-21)14-6-8-15(9-7-14)19(28)24-16-10-11-16/h6-9,13,16,18H,4-5,10-12H2,1-3H3,(H,24,28)(H,25,26,29). The van der Waals surface area contributed by atoms with Gasteiger partial charge in [0.1, 0.15) is 11.6 Å². The van der Waals surface area contributed by atoms with E-state index in [1.165, 1.54) is 16.2 Å². The number of rotatable bonds is 5. The van der Waals surface area contributed by atoms with Gasteiger partial charge in [-0.2, -0.15) is 0 Å². The molecule has 0 spiro atoms. The number of aromatic nitrogens is 1. The molecule has 2 heterocycles. The van der Waals surface area contributed by atoms with Crippen molar-refractivity contribution in [1.82, 2.24) is 15.2 Å². The molecule has 4 rings (SSSR count). The van der Waals surface area contributed by atoms with Crippen LogP contribution in [0, 0.1) is 0 Å². The molecule has 32 heavy (non-hydrogen) atoms. The molecule has 3 amide bonds. The molecule has 1 aliphatic heterocycles. The molecule has 8 nitrogen and oxygen atoms in total. The monoisotopic (exact) mass is 456 g/mol. The minimum Gasteiger partial charge on any atom is -0.444 e. The molecular formula is C23H28N4O4S. The van der Waals surface area contributed by atoms with E-state index < -0.39 is 17.7 Å². The van der Waals surface area contributed by atoms with Crippen molar-refractivity contribution < 1.29 is 19.1 Å². The van der Waals surface area contributed by atoms with Gasteiger partial charge in [0.05, 0.1) is 5.69 Å². The first-order valence-electron chi connectivity index (χ1n) is 10.9. The second-order valence-corrected chi connectivity index (χ2v) is 10.0. The van der Waals surface area contributed by atoms with Crippen molar-refractivity contribution in [2.75, 3.05) is 11.9 Å². The van der Waals surface area contributed by atoms with E-state index in [2.05, 4.69) is 15.6 Å². The maximum atomic E-state index is 12.8. The first-order valence-corrected chi connectivity index (χ1v) is 11.7. The van der Waals surface area contributed by atoms with Gasteiger partial charge in [-0.05, 0) is 58.6 Å². The summed E-state index contributed by atoms with van der Waals surface area (Å²) in [6, 6.07) is 7.01. The lowest BCUT2D eigenvalue weighted by Crippen LogP contribution is -2.45. The zero-order chi connectivity index (χ0) is 22.9. The second kappa shape index (κ2) is 8.90. The molecule has 1 saturated carbocycles. The Bertz CT molecular complexity index is 1010. The van der Waals surface area contributed by atoms with Gasteiger partial charge in [-0.25, -0.2) is 9.78 Å². The van der Waals surface area contributed by atoms with Gasteiger partial charge in [0.25, 0.3) is 5.91 Å². The highest BCUT2D eigenvalue weighted by molar-refractivity contribution is 7.14. The van der Waals surface area contributed by atoms with E-state index in [9.17, 15) is 14.4 Å². The first kappa shape index (κ1) is 22.3. The van der Waals surface area contributed by atoms with Gasteiger partial charge in [0.2, 0.25) is 5.91 Å². The van der Waals surface area contributed by atoms with E-state index in [0.717, 1.165) is 30.5 Å². The van der Waals surface area contributed by atoms with Crippen molar-refractivity contribution in [3.63, 3.8) is 0 Å². The number of likely N-dealkylation sites (tertiary alicyclic amines) is 1. The van der Waals surface area contributed by atoms with Crippen LogP contribution in [-0.4, -0.2) is 52.0 Å². The number of hydrogen-bond acceptors (Lipinski definition) is 6. The highest BCUT2D eigenvalue weighted by atomic mass is 32.1. The van der Waals surface area contributed by atoms with Crippen molar-refractivity contribution in [2.24, 2.45) is 0 Å². The molecule has 9 heteroatoms. The Hall–Kier alpha value is -2.94. The fourth-order valence-corrected chi connectivity index (χ4v) is 4.24. The van der Waals surface area contributed by atoms with Gasteiger partial charge in [-0.15, -0.1) is 11.3 Å². The van der Waals surface area contributed by atoms with Crippen LogP contribution in [0.3, 0.4) is 0 Å². The van der Waals surface area contributed by atoms with E-state index >= 15 is 0 Å². The van der Waals surface area contributed by atoms with E-state index in [1.54, 1.807) is 32.9 Å². The fraction of sp³-hybridized carbons (Fsp3) is 0.478. The number of nitrogens with zero attached hydrogens (tertiary/aromatic N) is 2. The molecule has 2 aliphatic rings. The smallest absolute Gasteiger partial charge is 0.410 e. The molecule has 0 radical (unpaired) electrons. The lowest BCUT2D eigenvalue weighted by Gasteiger charge is -2.27. The predicted octanol–water partition coefficient (Wildman–Crippen LogP) is 4.04. The number of carbonyl (C=O) groups is 3. The van der Waals surface area contributed by atoms with Crippen LogP contribution in [0.15, 0.2) is 29.6 Å². The average molecular weight is 457 g/mol. The molecule has 1 aromatic carbocycles. The topological polar surface area (TPSA) is 101 Å². The van der Waals surface area contributed by atoms with Gasteiger partial charge in [0, 0.05) is 29.1 Å². The highest BCUT2D eigenvalue weighted by Gasteiger charge is 2.36. The minimum absolute atomic E-state index is 0.0589. The summed E-state index contributed by atoms with van der Waals surface area (Å²) in [7, 11) is 0. The van der Waals surface area contributed by atoms with Crippen LogP contribution in [0.2, 0.25) is 0 Å². The van der Waals surface area contributed by atoms with Gasteiger partial charge >= 0.3 is 6.09 Å². The van der Waals surface area contributed by atoms with Gasteiger partial charge in [-0.3, -0.25) is 14.5 Å². The second-order valence-electron chi connectivity index (χ2n) is 9.18. The molecular weight excluding hydrogens is 428 g/mol. The van der Waals surface area contributed by atoms with Crippen LogP contribution in [0.4, 0.5) is 9.93 Å². The number of amides is 3. The van der Waals surface area contributed by atoms with Crippen LogP contribution in [-0.2, 0) is 9.53 Å². The van der Waals surface area contributed by atoms with E-state index in [-0.39, 0.29) is 11.8 Å². The number of benzene rings is 1. The maximum Gasteiger partial charge on any atom is 0.410 e. The van der Waals surface area contributed by atoms with Crippen molar-refractivity contribution in [3.05, 3.63) is 35.2 Å². The van der Waals surface area contributed by atoms with Gasteiger partial charge in [-0.1, -0.05) is 12.1 Å². The Morgan fingerprint density at radius 1 is 1.12 bits per heavy atom. The molecule has 1 unspecified atom stereocenters. The minimum atomic E-state index is -0.612. The van der Waals surface area contributed by atoms with Crippen LogP contribution in [0.25, 0.3) is 11.3 Å². The summed E-state index contributed by atoms with van der Waals surface area (Å²) in [6.45, 7) is 5.91. The van der Waals surface area contributed by atoms with Gasteiger partial charge in [0.15, 0.2) is 5.13 Å². The molecule has 2 aromatic rings. The third kappa shape index (κ3) is 5.45. The molecule has 1 aromatic heterocycles. The van der Waals surface area contributed by atoms with E-state index in [1.807, 2.05) is 17.5 Å². The molecule has 1 saturated heterocycles. The average Bonchev–Trinajstić information content (AvgIpc) is 3.22. The highest BCUT2D eigenvalue weighted by Crippen LogP contribution is 2.27. The summed E-state index contributed by atoms with van der Waals surface area (Å²) < 4.78 is 5.43. The first-order chi connectivity index (χ1) is 15.2. The fourth-order valence-electron chi connectivity index (χ4n) is 3.52. The predicted molar refractivity (Wildman–Crippen MR) is 123 cm³/mol. The quantitative estimate of drug-likeness (QED) is 0.707. The van der Waals surface area contributed by atoms with Crippen LogP contribution >= 0.6 is 11.3 Å². The van der Waals surface area contributed by atoms with E-state index in [4.69, 9.17) is 4.74 Å². The van der Waals surface area contributed by atoms with Crippen LogP contribution < -0.4 is 10.6 Å². The number of anilines is 1. The third-order valence-corrected chi connectivity index (χ3v) is 6.03. The molecule has 0 bridgehead atoms. The molecule has 1 atom stereocenters. The van der Waals surface area contributed by atoms with Crippen LogP contribution in [0.5, 0.6) is 0 Å². The number of thiazole rings is 1. The van der Waals surface area contributed by atoms with Crippen LogP contribution in [0.1, 0.15) is 56.8 Å². The van der Waals surface area contributed by atoms with E-state index in [0.29, 0.717) is 29.7 Å². The number of hydrogen-bond donors (Lipinski definition) is 2. The summed E-state index contributed by atoms with van der Waals surface area (Å²) in [5.74, 6) is -0.322. The summed E-state index contributed by atoms with van der Waals surface area (Å²) in [5.41, 5.74) is 1.59. The molecule has 1 aliphatic carbocycles. The van der Waals surface area contributed by atoms with Crippen molar-refractivity contribution in [2.45, 2.75) is 64.1 Å².